The van der Waals surface area contributed by atoms with Crippen LogP contribution in [0.1, 0.15) is 6.92 Å². The van der Waals surface area contributed by atoms with Crippen LogP contribution in [0.3, 0.4) is 0 Å². The van der Waals surface area contributed by atoms with Crippen molar-refractivity contribution < 1.29 is 14.4 Å². The van der Waals surface area contributed by atoms with Crippen molar-refractivity contribution in [2.24, 2.45) is 0 Å². The third-order valence-electron chi connectivity index (χ3n) is 2.43. The fourth-order valence-corrected chi connectivity index (χ4v) is 1.52. The zero-order valence-electron chi connectivity index (χ0n) is 9.27. The normalized spacial score (nSPS) is 27.1. The molecule has 6 nitrogen and oxygen atoms in total. The predicted octanol–water partition coefficient (Wildman–Crippen LogP) is -1.18. The first-order chi connectivity index (χ1) is 7.06. The van der Waals surface area contributed by atoms with Crippen LogP contribution in [0.4, 0.5) is 0 Å². The number of hydrogen-bond acceptors (Lipinski definition) is 5. The fourth-order valence-electron chi connectivity index (χ4n) is 1.52. The van der Waals surface area contributed by atoms with Crippen LogP contribution >= 0.6 is 0 Å². The molecule has 1 aliphatic heterocycles. The second-order valence-corrected chi connectivity index (χ2v) is 3.84. The second-order valence-electron chi connectivity index (χ2n) is 3.84. The van der Waals surface area contributed by atoms with E-state index in [0.717, 1.165) is 0 Å². The average molecular weight is 215 g/mol. The molecule has 0 aromatic heterocycles. The van der Waals surface area contributed by atoms with Crippen LogP contribution in [0.25, 0.3) is 0 Å². The van der Waals surface area contributed by atoms with Crippen molar-refractivity contribution in [1.82, 2.24) is 15.3 Å². The van der Waals surface area contributed by atoms with Crippen LogP contribution in [0.5, 0.6) is 0 Å². The lowest BCUT2D eigenvalue weighted by molar-refractivity contribution is -0.193. The summed E-state index contributed by atoms with van der Waals surface area (Å²) in [5.41, 5.74) is 0. The van der Waals surface area contributed by atoms with E-state index >= 15 is 0 Å². The number of hydrogen-bond donors (Lipinski definition) is 1. The summed E-state index contributed by atoms with van der Waals surface area (Å²) in [5.74, 6) is -0.0126. The van der Waals surface area contributed by atoms with Gasteiger partial charge in [-0.05, 0) is 6.92 Å². The van der Waals surface area contributed by atoms with Gasteiger partial charge in [0.05, 0.1) is 12.6 Å². The number of piperazine rings is 1. The first-order valence-corrected chi connectivity index (χ1v) is 4.88. The summed E-state index contributed by atoms with van der Waals surface area (Å²) < 4.78 is 0. The molecule has 2 atom stereocenters. The molecular formula is C9H17N3O3. The first-order valence-electron chi connectivity index (χ1n) is 4.88. The third-order valence-corrected chi connectivity index (χ3v) is 2.43. The van der Waals surface area contributed by atoms with E-state index in [1.807, 2.05) is 6.92 Å². The molecule has 1 heterocycles. The van der Waals surface area contributed by atoms with Crippen molar-refractivity contribution in [3.63, 3.8) is 0 Å². The van der Waals surface area contributed by atoms with E-state index in [1.54, 1.807) is 14.1 Å². The van der Waals surface area contributed by atoms with Gasteiger partial charge in [0, 0.05) is 20.6 Å². The van der Waals surface area contributed by atoms with Crippen LogP contribution in [0.15, 0.2) is 0 Å². The van der Waals surface area contributed by atoms with Gasteiger partial charge in [0.1, 0.15) is 6.04 Å². The first kappa shape index (κ1) is 11.9. The molecule has 0 aromatic carbocycles. The number of rotatable bonds is 3. The maximum Gasteiger partial charge on any atom is 0.313 e. The minimum absolute atomic E-state index is 0.0126. The van der Waals surface area contributed by atoms with Gasteiger partial charge >= 0.3 is 6.47 Å². The van der Waals surface area contributed by atoms with E-state index in [-0.39, 0.29) is 18.0 Å². The minimum atomic E-state index is -0.309. The molecule has 0 radical (unpaired) electrons. The highest BCUT2D eigenvalue weighted by molar-refractivity contribution is 5.81. The van der Waals surface area contributed by atoms with Gasteiger partial charge in [-0.15, -0.1) is 5.06 Å². The molecule has 0 unspecified atom stereocenters. The molecule has 0 spiro atoms. The van der Waals surface area contributed by atoms with Crippen molar-refractivity contribution in [3.8, 4) is 0 Å². The summed E-state index contributed by atoms with van der Waals surface area (Å²) in [6.45, 7) is 3.32. The molecule has 1 rings (SSSR count). The Morgan fingerprint density at radius 1 is 1.60 bits per heavy atom. The van der Waals surface area contributed by atoms with Crippen molar-refractivity contribution in [3.05, 3.63) is 0 Å². The van der Waals surface area contributed by atoms with E-state index in [4.69, 9.17) is 4.84 Å². The Bertz CT molecular complexity index is 245. The molecular weight excluding hydrogens is 198 g/mol. The highest BCUT2D eigenvalue weighted by Gasteiger charge is 2.31. The van der Waals surface area contributed by atoms with E-state index < -0.39 is 0 Å². The number of nitrogens with one attached hydrogen (secondary N) is 1. The Labute approximate surface area is 89.1 Å². The van der Waals surface area contributed by atoms with Gasteiger partial charge in [0.15, 0.2) is 0 Å². The molecule has 1 fully saturated rings. The smallest absolute Gasteiger partial charge is 0.313 e. The highest BCUT2D eigenvalue weighted by Crippen LogP contribution is 2.07. The Balaban J connectivity index is 2.57. The zero-order valence-corrected chi connectivity index (χ0v) is 9.27. The lowest BCUT2D eigenvalue weighted by atomic mass is 10.1. The number of hydroxylamine groups is 2. The highest BCUT2D eigenvalue weighted by atomic mass is 16.7. The second kappa shape index (κ2) is 5.09. The summed E-state index contributed by atoms with van der Waals surface area (Å²) in [5, 5.41) is 4.63. The van der Waals surface area contributed by atoms with Crippen LogP contribution in [0, 0.1) is 0 Å². The van der Waals surface area contributed by atoms with E-state index in [1.165, 1.54) is 9.96 Å². The van der Waals surface area contributed by atoms with Crippen LogP contribution in [-0.2, 0) is 14.4 Å². The molecule has 0 aliphatic carbocycles. The quantitative estimate of drug-likeness (QED) is 0.601. The summed E-state index contributed by atoms with van der Waals surface area (Å²) in [4.78, 5) is 28.2. The lowest BCUT2D eigenvalue weighted by Gasteiger charge is -2.36. The van der Waals surface area contributed by atoms with Gasteiger partial charge < -0.3 is 15.1 Å². The van der Waals surface area contributed by atoms with Crippen molar-refractivity contribution >= 4 is 12.4 Å². The Kier molecular flexibility index (Phi) is 4.05. The Morgan fingerprint density at radius 2 is 2.27 bits per heavy atom. The predicted molar refractivity (Wildman–Crippen MR) is 53.8 cm³/mol. The fraction of sp³-hybridized carbons (Fsp3) is 0.778. The van der Waals surface area contributed by atoms with E-state index in [2.05, 4.69) is 5.32 Å². The van der Waals surface area contributed by atoms with Gasteiger partial charge in [0.2, 0.25) is 5.91 Å². The van der Waals surface area contributed by atoms with Crippen molar-refractivity contribution in [2.75, 3.05) is 27.2 Å². The largest absolute Gasteiger partial charge is 0.370 e. The average Bonchev–Trinajstić information content (AvgIpc) is 2.20. The molecule has 6 heteroatoms. The number of nitrogens with zero attached hydrogens (tertiary/aromatic N) is 2. The maximum atomic E-state index is 11.6. The van der Waals surface area contributed by atoms with Gasteiger partial charge in [-0.25, -0.2) is 0 Å². The maximum absolute atomic E-state index is 11.6. The molecule has 1 amide bonds. The van der Waals surface area contributed by atoms with Gasteiger partial charge in [-0.1, -0.05) is 0 Å². The van der Waals surface area contributed by atoms with Crippen LogP contribution < -0.4 is 5.32 Å². The summed E-state index contributed by atoms with van der Waals surface area (Å²) in [7, 11) is 3.40. The third kappa shape index (κ3) is 2.90. The number of amides is 1. The van der Waals surface area contributed by atoms with E-state index in [0.29, 0.717) is 19.6 Å². The number of carbonyl (C=O) groups is 2. The van der Waals surface area contributed by atoms with Gasteiger partial charge in [0.25, 0.3) is 0 Å². The number of carbonyl (C=O) groups excluding carboxylic acids is 2. The topological polar surface area (TPSA) is 61.9 Å². The zero-order chi connectivity index (χ0) is 11.4. The minimum Gasteiger partial charge on any atom is -0.370 e. The van der Waals surface area contributed by atoms with Gasteiger partial charge in [-0.2, -0.15) is 0 Å². The number of likely N-dealkylation sites (N-methyl/N-ethyl adjacent to an activating group) is 1. The van der Waals surface area contributed by atoms with Crippen LogP contribution in [-0.4, -0.2) is 61.6 Å². The van der Waals surface area contributed by atoms with E-state index in [9.17, 15) is 9.59 Å². The van der Waals surface area contributed by atoms with Crippen LogP contribution in [0.2, 0.25) is 0 Å². The summed E-state index contributed by atoms with van der Waals surface area (Å²) in [6, 6.07) is -0.224. The molecule has 0 saturated carbocycles. The molecule has 86 valence electrons. The standard InChI is InChI=1S/C9H17N3O3/c1-7-4-10-8(9(14)11(2)3)5-12(7)15-6-13/h6-8,10H,4-5H2,1-3H3/t7-,8-/m1/s1. The summed E-state index contributed by atoms with van der Waals surface area (Å²) in [6.07, 6.45) is 0. The summed E-state index contributed by atoms with van der Waals surface area (Å²) >= 11 is 0. The Morgan fingerprint density at radius 3 is 2.80 bits per heavy atom. The lowest BCUT2D eigenvalue weighted by Crippen LogP contribution is -2.59. The molecule has 0 bridgehead atoms. The van der Waals surface area contributed by atoms with Crippen molar-refractivity contribution in [2.45, 2.75) is 19.0 Å². The van der Waals surface area contributed by atoms with Crippen molar-refractivity contribution in [1.29, 1.82) is 0 Å². The monoisotopic (exact) mass is 215 g/mol. The van der Waals surface area contributed by atoms with Gasteiger partial charge in [-0.3, -0.25) is 9.59 Å². The molecule has 0 aromatic rings. The Hall–Kier alpha value is -1.14. The molecule has 1 aliphatic rings. The SMILES string of the molecule is C[C@@H]1CN[C@@H](C(=O)N(C)C)CN1OC=O. The molecule has 15 heavy (non-hydrogen) atoms. The molecule has 1 saturated heterocycles. The molecule has 1 N–H and O–H groups in total.